The van der Waals surface area contributed by atoms with Crippen molar-refractivity contribution in [1.29, 1.82) is 0 Å². The quantitative estimate of drug-likeness (QED) is 0.676. The molecular formula is C25H21NO2. The molecule has 138 valence electrons. The van der Waals surface area contributed by atoms with Gasteiger partial charge in [0.15, 0.2) is 0 Å². The first kappa shape index (κ1) is 18.0. The van der Waals surface area contributed by atoms with Gasteiger partial charge in [0.25, 0.3) is 0 Å². The second-order valence-electron chi connectivity index (χ2n) is 6.81. The predicted molar refractivity (Wildman–Crippen MR) is 112 cm³/mol. The van der Waals surface area contributed by atoms with Crippen LogP contribution >= 0.6 is 0 Å². The minimum Gasteiger partial charge on any atom is -0.377 e. The summed E-state index contributed by atoms with van der Waals surface area (Å²) >= 11 is 0. The number of carbonyl (C=O) groups is 1. The fourth-order valence-electron chi connectivity index (χ4n) is 3.52. The van der Waals surface area contributed by atoms with Gasteiger partial charge in [0, 0.05) is 12.6 Å². The molecule has 3 aromatic rings. The summed E-state index contributed by atoms with van der Waals surface area (Å²) in [6, 6.07) is 25.1. The lowest BCUT2D eigenvalue weighted by molar-refractivity contribution is -0.116. The molecule has 0 aliphatic heterocycles. The average Bonchev–Trinajstić information content (AvgIpc) is 2.87. The van der Waals surface area contributed by atoms with E-state index < -0.39 is 5.60 Å². The van der Waals surface area contributed by atoms with Gasteiger partial charge < -0.3 is 10.4 Å². The second-order valence-corrected chi connectivity index (χ2v) is 6.81. The van der Waals surface area contributed by atoms with Crippen LogP contribution in [0.5, 0.6) is 0 Å². The maximum Gasteiger partial charge on any atom is 0.244 e. The smallest absolute Gasteiger partial charge is 0.244 e. The minimum absolute atomic E-state index is 0.246. The molecule has 4 rings (SSSR count). The zero-order valence-corrected chi connectivity index (χ0v) is 15.4. The van der Waals surface area contributed by atoms with Gasteiger partial charge >= 0.3 is 0 Å². The Morgan fingerprint density at radius 3 is 1.96 bits per heavy atom. The Hall–Kier alpha value is -3.43. The zero-order chi connectivity index (χ0) is 19.4. The lowest BCUT2D eigenvalue weighted by Crippen LogP contribution is -2.28. The van der Waals surface area contributed by atoms with Crippen LogP contribution in [0.1, 0.15) is 27.8 Å². The average molecular weight is 367 g/mol. The van der Waals surface area contributed by atoms with Crippen LogP contribution in [-0.2, 0) is 16.9 Å². The molecule has 0 saturated heterocycles. The van der Waals surface area contributed by atoms with Crippen LogP contribution in [0.15, 0.2) is 91.0 Å². The highest BCUT2D eigenvalue weighted by molar-refractivity contribution is 5.88. The van der Waals surface area contributed by atoms with Crippen molar-refractivity contribution in [2.45, 2.75) is 12.1 Å². The van der Waals surface area contributed by atoms with Crippen molar-refractivity contribution in [3.05, 3.63) is 119 Å². The van der Waals surface area contributed by atoms with Crippen molar-refractivity contribution in [3.63, 3.8) is 0 Å². The van der Waals surface area contributed by atoms with Crippen molar-refractivity contribution in [2.24, 2.45) is 0 Å². The van der Waals surface area contributed by atoms with Gasteiger partial charge in [-0.3, -0.25) is 4.79 Å². The van der Waals surface area contributed by atoms with Crippen LogP contribution in [0.2, 0.25) is 0 Å². The van der Waals surface area contributed by atoms with Gasteiger partial charge in [-0.25, -0.2) is 0 Å². The maximum absolute atomic E-state index is 12.4. The lowest BCUT2D eigenvalue weighted by Gasteiger charge is -2.27. The summed E-state index contributed by atoms with van der Waals surface area (Å²) in [5.41, 5.74) is 3.00. The number of aliphatic hydroxyl groups is 1. The SMILES string of the molecule is O=C(/C=C/C1(O)c2ccccc2C=Cc2ccccc21)NCc1ccccc1. The molecule has 0 aromatic heterocycles. The van der Waals surface area contributed by atoms with Gasteiger partial charge in [0.2, 0.25) is 5.91 Å². The van der Waals surface area contributed by atoms with E-state index in [1.54, 1.807) is 6.08 Å². The Labute approximate surface area is 164 Å². The molecule has 2 N–H and O–H groups in total. The van der Waals surface area contributed by atoms with E-state index in [0.29, 0.717) is 6.54 Å². The van der Waals surface area contributed by atoms with Gasteiger partial charge in [0.1, 0.15) is 5.60 Å². The first-order chi connectivity index (χ1) is 13.7. The van der Waals surface area contributed by atoms with Crippen LogP contribution < -0.4 is 5.32 Å². The van der Waals surface area contributed by atoms with E-state index in [9.17, 15) is 9.90 Å². The number of fused-ring (bicyclic) bond motifs is 2. The summed E-state index contributed by atoms with van der Waals surface area (Å²) in [5.74, 6) is -0.246. The molecule has 3 nitrogen and oxygen atoms in total. The van der Waals surface area contributed by atoms with Crippen LogP contribution in [0.25, 0.3) is 12.2 Å². The number of carbonyl (C=O) groups excluding carboxylic acids is 1. The number of rotatable bonds is 4. The third kappa shape index (κ3) is 3.53. The maximum atomic E-state index is 12.4. The summed E-state index contributed by atoms with van der Waals surface area (Å²) in [7, 11) is 0. The van der Waals surface area contributed by atoms with Crippen LogP contribution in [0, 0.1) is 0 Å². The molecule has 0 saturated carbocycles. The third-order valence-electron chi connectivity index (χ3n) is 4.97. The number of nitrogens with one attached hydrogen (secondary N) is 1. The molecule has 3 aromatic carbocycles. The fraction of sp³-hybridized carbons (Fsp3) is 0.0800. The molecule has 0 atom stereocenters. The van der Waals surface area contributed by atoms with E-state index in [1.807, 2.05) is 91.0 Å². The summed E-state index contributed by atoms with van der Waals surface area (Å²) in [4.78, 5) is 12.4. The van der Waals surface area contributed by atoms with Crippen molar-refractivity contribution in [1.82, 2.24) is 5.32 Å². The molecule has 28 heavy (non-hydrogen) atoms. The molecule has 3 heteroatoms. The molecule has 0 radical (unpaired) electrons. The number of benzene rings is 3. The third-order valence-corrected chi connectivity index (χ3v) is 4.97. The Bertz CT molecular complexity index is 1000. The summed E-state index contributed by atoms with van der Waals surface area (Å²) < 4.78 is 0. The van der Waals surface area contributed by atoms with Crippen molar-refractivity contribution < 1.29 is 9.90 Å². The Kier molecular flexibility index (Phi) is 4.92. The summed E-state index contributed by atoms with van der Waals surface area (Å²) in [6.45, 7) is 0.442. The fourth-order valence-corrected chi connectivity index (χ4v) is 3.52. The molecule has 0 bridgehead atoms. The Morgan fingerprint density at radius 2 is 1.36 bits per heavy atom. The van der Waals surface area contributed by atoms with Crippen molar-refractivity contribution in [3.8, 4) is 0 Å². The topological polar surface area (TPSA) is 49.3 Å². The normalized spacial score (nSPS) is 14.2. The zero-order valence-electron chi connectivity index (χ0n) is 15.4. The Morgan fingerprint density at radius 1 is 0.821 bits per heavy atom. The van der Waals surface area contributed by atoms with Crippen LogP contribution in [0.3, 0.4) is 0 Å². The van der Waals surface area contributed by atoms with E-state index >= 15 is 0 Å². The molecule has 1 aliphatic rings. The second kappa shape index (κ2) is 7.67. The number of hydrogen-bond donors (Lipinski definition) is 2. The number of hydrogen-bond acceptors (Lipinski definition) is 2. The standard InChI is InChI=1S/C25H21NO2/c27-24(26-18-19-8-2-1-3-9-19)16-17-25(28)22-12-6-4-10-20(22)14-15-21-11-5-7-13-23(21)25/h1-17,28H,18H2,(H,26,27)/b17-16+. The highest BCUT2D eigenvalue weighted by Crippen LogP contribution is 2.38. The summed E-state index contributed by atoms with van der Waals surface area (Å²) in [5, 5.41) is 14.5. The van der Waals surface area contributed by atoms with E-state index in [4.69, 9.17) is 0 Å². The van der Waals surface area contributed by atoms with Gasteiger partial charge in [0.05, 0.1) is 0 Å². The highest BCUT2D eigenvalue weighted by atomic mass is 16.3. The van der Waals surface area contributed by atoms with E-state index in [0.717, 1.165) is 27.8 Å². The van der Waals surface area contributed by atoms with Gasteiger partial charge in [-0.1, -0.05) is 91.0 Å². The van der Waals surface area contributed by atoms with E-state index in [-0.39, 0.29) is 5.91 Å². The molecule has 1 aliphatic carbocycles. The molecular weight excluding hydrogens is 346 g/mol. The molecule has 1 amide bonds. The molecule has 0 spiro atoms. The van der Waals surface area contributed by atoms with Crippen LogP contribution in [0.4, 0.5) is 0 Å². The van der Waals surface area contributed by atoms with Gasteiger partial charge in [-0.05, 0) is 33.9 Å². The predicted octanol–water partition coefficient (Wildman–Crippen LogP) is 4.28. The number of amides is 1. The Balaban J connectivity index is 1.65. The van der Waals surface area contributed by atoms with Gasteiger partial charge in [-0.2, -0.15) is 0 Å². The van der Waals surface area contributed by atoms with E-state index in [2.05, 4.69) is 5.32 Å². The van der Waals surface area contributed by atoms with Crippen LogP contribution in [-0.4, -0.2) is 11.0 Å². The minimum atomic E-state index is -1.39. The first-order valence-electron chi connectivity index (χ1n) is 9.27. The molecule has 0 heterocycles. The monoisotopic (exact) mass is 367 g/mol. The lowest BCUT2D eigenvalue weighted by atomic mass is 9.83. The van der Waals surface area contributed by atoms with Crippen molar-refractivity contribution >= 4 is 18.1 Å². The van der Waals surface area contributed by atoms with Crippen molar-refractivity contribution in [2.75, 3.05) is 0 Å². The van der Waals surface area contributed by atoms with E-state index in [1.165, 1.54) is 6.08 Å². The molecule has 0 unspecified atom stereocenters. The highest BCUT2D eigenvalue weighted by Gasteiger charge is 2.33. The first-order valence-corrected chi connectivity index (χ1v) is 9.27. The largest absolute Gasteiger partial charge is 0.377 e. The molecule has 0 fully saturated rings. The van der Waals surface area contributed by atoms with Gasteiger partial charge in [-0.15, -0.1) is 0 Å². The summed E-state index contributed by atoms with van der Waals surface area (Å²) in [6.07, 6.45) is 6.99.